The lowest BCUT2D eigenvalue weighted by molar-refractivity contribution is -0.121. The minimum Gasteiger partial charge on any atom is -0.412 e. The summed E-state index contributed by atoms with van der Waals surface area (Å²) >= 11 is 6.00. The summed E-state index contributed by atoms with van der Waals surface area (Å²) in [5.41, 5.74) is 5.17. The van der Waals surface area contributed by atoms with Crippen LogP contribution in [0.3, 0.4) is 0 Å². The number of primary amides is 1. The Morgan fingerprint density at radius 2 is 1.67 bits per heavy atom. The van der Waals surface area contributed by atoms with Crippen LogP contribution in [-0.4, -0.2) is 16.3 Å². The highest BCUT2D eigenvalue weighted by Crippen LogP contribution is 2.26. The minimum atomic E-state index is -0.788. The van der Waals surface area contributed by atoms with E-state index < -0.39 is 4.87 Å². The van der Waals surface area contributed by atoms with Crippen molar-refractivity contribution >= 4 is 17.5 Å². The van der Waals surface area contributed by atoms with Crippen LogP contribution >= 0.6 is 11.6 Å². The lowest BCUT2D eigenvalue weighted by atomic mass is 9.97. The van der Waals surface area contributed by atoms with E-state index >= 15 is 0 Å². The molecule has 0 unspecified atom stereocenters. The third kappa shape index (κ3) is 3.93. The molecule has 0 aromatic heterocycles. The summed E-state index contributed by atoms with van der Waals surface area (Å²) in [6.07, 6.45) is 3.15. The second kappa shape index (κ2) is 6.26. The first-order valence-electron chi connectivity index (χ1n) is 4.05. The summed E-state index contributed by atoms with van der Waals surface area (Å²) in [5, 5.41) is 0. The number of alkyl halides is 1. The summed E-state index contributed by atoms with van der Waals surface area (Å²) in [6.45, 7) is 3.99. The summed E-state index contributed by atoms with van der Waals surface area (Å²) in [5.74, 6) is -0.386. The van der Waals surface area contributed by atoms with Gasteiger partial charge in [0.05, 0.1) is 0 Å². The molecule has 12 heavy (non-hydrogen) atoms. The first-order valence-corrected chi connectivity index (χ1v) is 4.43. The quantitative estimate of drug-likeness (QED) is 0.659. The molecule has 0 aromatic carbocycles. The zero-order valence-corrected chi connectivity index (χ0v) is 8.45. The second-order valence-corrected chi connectivity index (χ2v) is 3.55. The molecule has 0 saturated carbocycles. The first-order chi connectivity index (χ1) is 5.06. The van der Waals surface area contributed by atoms with Gasteiger partial charge in [0, 0.05) is 0 Å². The molecule has 0 heterocycles. The standard InChI is InChI=1S/C8H16ClNO.H2O/c1-3-5-8(9,6-4-2)7(10)11;/h3-6H2,1-2H3,(H2,10,11);1H2. The number of rotatable bonds is 5. The van der Waals surface area contributed by atoms with Gasteiger partial charge in [-0.15, -0.1) is 11.6 Å². The summed E-state index contributed by atoms with van der Waals surface area (Å²) in [6, 6.07) is 0. The maximum atomic E-state index is 10.9. The van der Waals surface area contributed by atoms with Crippen LogP contribution in [0.1, 0.15) is 39.5 Å². The lowest BCUT2D eigenvalue weighted by Crippen LogP contribution is -2.38. The Labute approximate surface area is 78.6 Å². The average molecular weight is 196 g/mol. The maximum Gasteiger partial charge on any atom is 0.238 e. The van der Waals surface area contributed by atoms with Gasteiger partial charge >= 0.3 is 0 Å². The van der Waals surface area contributed by atoms with Crippen molar-refractivity contribution in [2.24, 2.45) is 5.73 Å². The molecule has 0 bridgehead atoms. The average Bonchev–Trinajstić information content (AvgIpc) is 1.88. The van der Waals surface area contributed by atoms with Gasteiger partial charge in [-0.05, 0) is 12.8 Å². The van der Waals surface area contributed by atoms with Gasteiger partial charge in [-0.2, -0.15) is 0 Å². The Bertz CT molecular complexity index is 133. The molecular weight excluding hydrogens is 178 g/mol. The van der Waals surface area contributed by atoms with E-state index in [2.05, 4.69) is 0 Å². The summed E-state index contributed by atoms with van der Waals surface area (Å²) < 4.78 is 0. The molecule has 0 aliphatic carbocycles. The van der Waals surface area contributed by atoms with Crippen molar-refractivity contribution in [1.29, 1.82) is 0 Å². The van der Waals surface area contributed by atoms with E-state index in [4.69, 9.17) is 17.3 Å². The van der Waals surface area contributed by atoms with Crippen LogP contribution < -0.4 is 5.73 Å². The van der Waals surface area contributed by atoms with Crippen molar-refractivity contribution in [1.82, 2.24) is 0 Å². The number of hydrogen-bond donors (Lipinski definition) is 1. The largest absolute Gasteiger partial charge is 0.412 e. The molecule has 0 atom stereocenters. The maximum absolute atomic E-state index is 10.9. The second-order valence-electron chi connectivity index (χ2n) is 2.83. The molecular formula is C8H18ClNO2. The SMILES string of the molecule is CCCC(Cl)(CCC)C(N)=O.O. The normalized spacial score (nSPS) is 10.6. The molecule has 4 heteroatoms. The van der Waals surface area contributed by atoms with Gasteiger partial charge in [0.15, 0.2) is 0 Å². The van der Waals surface area contributed by atoms with E-state index in [1.165, 1.54) is 0 Å². The third-order valence-corrected chi connectivity index (χ3v) is 2.30. The highest BCUT2D eigenvalue weighted by molar-refractivity contribution is 6.34. The van der Waals surface area contributed by atoms with Crippen LogP contribution in [0.5, 0.6) is 0 Å². The molecule has 0 rings (SSSR count). The highest BCUT2D eigenvalue weighted by atomic mass is 35.5. The van der Waals surface area contributed by atoms with E-state index in [9.17, 15) is 4.79 Å². The van der Waals surface area contributed by atoms with Crippen molar-refractivity contribution < 1.29 is 10.3 Å². The lowest BCUT2D eigenvalue weighted by Gasteiger charge is -2.21. The van der Waals surface area contributed by atoms with E-state index in [-0.39, 0.29) is 11.4 Å². The van der Waals surface area contributed by atoms with Gasteiger partial charge in [0.2, 0.25) is 5.91 Å². The molecule has 0 spiro atoms. The number of nitrogens with two attached hydrogens (primary N) is 1. The minimum absolute atomic E-state index is 0. The molecule has 74 valence electrons. The number of carbonyl (C=O) groups excluding carboxylic acids is 1. The van der Waals surface area contributed by atoms with Crippen molar-refractivity contribution in [3.05, 3.63) is 0 Å². The molecule has 1 amide bonds. The van der Waals surface area contributed by atoms with E-state index in [0.717, 1.165) is 12.8 Å². The number of amides is 1. The van der Waals surface area contributed by atoms with E-state index in [1.54, 1.807) is 0 Å². The third-order valence-electron chi connectivity index (χ3n) is 1.73. The predicted octanol–water partition coefficient (Wildman–Crippen LogP) is 1.22. The van der Waals surface area contributed by atoms with Crippen molar-refractivity contribution in [3.8, 4) is 0 Å². The van der Waals surface area contributed by atoms with Gasteiger partial charge in [-0.3, -0.25) is 4.79 Å². The zero-order valence-electron chi connectivity index (χ0n) is 7.69. The zero-order chi connectivity index (χ0) is 8.91. The van der Waals surface area contributed by atoms with Crippen LogP contribution in [0, 0.1) is 0 Å². The van der Waals surface area contributed by atoms with Crippen molar-refractivity contribution in [3.63, 3.8) is 0 Å². The molecule has 4 N–H and O–H groups in total. The topological polar surface area (TPSA) is 74.6 Å². The fourth-order valence-electron chi connectivity index (χ4n) is 1.16. The Kier molecular flexibility index (Phi) is 7.44. The van der Waals surface area contributed by atoms with Gasteiger partial charge in [-0.25, -0.2) is 0 Å². The number of carbonyl (C=O) groups is 1. The van der Waals surface area contributed by atoms with Gasteiger partial charge in [0.25, 0.3) is 0 Å². The van der Waals surface area contributed by atoms with Gasteiger partial charge < -0.3 is 11.2 Å². The fourth-order valence-corrected chi connectivity index (χ4v) is 1.54. The molecule has 0 fully saturated rings. The summed E-state index contributed by atoms with van der Waals surface area (Å²) in [4.78, 5) is 10.1. The van der Waals surface area contributed by atoms with Crippen LogP contribution in [0.2, 0.25) is 0 Å². The fraction of sp³-hybridized carbons (Fsp3) is 0.875. The predicted molar refractivity (Wildman–Crippen MR) is 51.2 cm³/mol. The van der Waals surface area contributed by atoms with E-state index in [1.807, 2.05) is 13.8 Å². The molecule has 0 saturated heterocycles. The monoisotopic (exact) mass is 195 g/mol. The van der Waals surface area contributed by atoms with E-state index in [0.29, 0.717) is 12.8 Å². The van der Waals surface area contributed by atoms with Gasteiger partial charge in [0.1, 0.15) is 4.87 Å². The smallest absolute Gasteiger partial charge is 0.238 e. The number of hydrogen-bond acceptors (Lipinski definition) is 1. The Morgan fingerprint density at radius 1 is 1.33 bits per heavy atom. The van der Waals surface area contributed by atoms with Crippen LogP contribution in [0.15, 0.2) is 0 Å². The molecule has 0 aliphatic heterocycles. The Morgan fingerprint density at radius 3 is 1.83 bits per heavy atom. The van der Waals surface area contributed by atoms with Gasteiger partial charge in [-0.1, -0.05) is 26.7 Å². The van der Waals surface area contributed by atoms with Crippen molar-refractivity contribution in [2.45, 2.75) is 44.4 Å². The summed E-state index contributed by atoms with van der Waals surface area (Å²) in [7, 11) is 0. The first kappa shape index (κ1) is 14.3. The Hall–Kier alpha value is -0.280. The molecule has 0 aliphatic rings. The van der Waals surface area contributed by atoms with Crippen molar-refractivity contribution in [2.75, 3.05) is 0 Å². The molecule has 3 nitrogen and oxygen atoms in total. The highest BCUT2D eigenvalue weighted by Gasteiger charge is 2.31. The molecule has 0 radical (unpaired) electrons. The van der Waals surface area contributed by atoms with Crippen LogP contribution in [0.4, 0.5) is 0 Å². The molecule has 0 aromatic rings. The number of halogens is 1. The van der Waals surface area contributed by atoms with Crippen LogP contribution in [-0.2, 0) is 4.79 Å². The van der Waals surface area contributed by atoms with Crippen LogP contribution in [0.25, 0.3) is 0 Å². The Balaban J connectivity index is 0.